The summed E-state index contributed by atoms with van der Waals surface area (Å²) >= 11 is 0. The van der Waals surface area contributed by atoms with E-state index in [1.807, 2.05) is 12.1 Å². The van der Waals surface area contributed by atoms with E-state index < -0.39 is 4.92 Å². The number of carbonyl (C=O) groups is 1. The summed E-state index contributed by atoms with van der Waals surface area (Å²) in [5.41, 5.74) is 1.31. The highest BCUT2D eigenvalue weighted by Crippen LogP contribution is 2.29. The number of phenols is 1. The van der Waals surface area contributed by atoms with Crippen molar-refractivity contribution in [1.29, 1.82) is 0 Å². The van der Waals surface area contributed by atoms with Gasteiger partial charge < -0.3 is 14.7 Å². The summed E-state index contributed by atoms with van der Waals surface area (Å²) < 4.78 is 4.99. The van der Waals surface area contributed by atoms with Crippen LogP contribution in [0.15, 0.2) is 42.5 Å². The van der Waals surface area contributed by atoms with Crippen LogP contribution in [-0.2, 0) is 6.42 Å². The quantitative estimate of drug-likeness (QED) is 0.604. The molecule has 1 aliphatic heterocycles. The van der Waals surface area contributed by atoms with Crippen molar-refractivity contribution in [3.8, 4) is 11.5 Å². The zero-order chi connectivity index (χ0) is 20.1. The van der Waals surface area contributed by atoms with Crippen molar-refractivity contribution >= 4 is 11.6 Å². The normalized spacial score (nSPS) is 14.7. The zero-order valence-corrected chi connectivity index (χ0v) is 15.8. The van der Waals surface area contributed by atoms with Gasteiger partial charge in [0.2, 0.25) is 0 Å². The monoisotopic (exact) mass is 384 g/mol. The molecule has 2 aromatic rings. The first-order chi connectivity index (χ1) is 13.5. The number of methoxy groups -OCH3 is 1. The summed E-state index contributed by atoms with van der Waals surface area (Å²) in [5, 5.41) is 20.5. The van der Waals surface area contributed by atoms with Crippen LogP contribution in [-0.4, -0.2) is 41.0 Å². The topological polar surface area (TPSA) is 92.9 Å². The second-order valence-electron chi connectivity index (χ2n) is 7.08. The molecule has 0 radical (unpaired) electrons. The van der Waals surface area contributed by atoms with Crippen molar-refractivity contribution in [2.24, 2.45) is 5.92 Å². The molecule has 0 aromatic heterocycles. The molecule has 0 saturated carbocycles. The predicted octanol–water partition coefficient (Wildman–Crippen LogP) is 3.79. The fourth-order valence-electron chi connectivity index (χ4n) is 3.61. The summed E-state index contributed by atoms with van der Waals surface area (Å²) in [4.78, 5) is 25.1. The summed E-state index contributed by atoms with van der Waals surface area (Å²) in [6.45, 7) is 1.30. The summed E-state index contributed by atoms with van der Waals surface area (Å²) in [6.07, 6.45) is 3.83. The van der Waals surface area contributed by atoms with Crippen LogP contribution in [0.2, 0.25) is 0 Å². The van der Waals surface area contributed by atoms with E-state index >= 15 is 0 Å². The molecule has 2 aromatic carbocycles. The van der Waals surface area contributed by atoms with Gasteiger partial charge in [-0.15, -0.1) is 0 Å². The molecule has 3 rings (SSSR count). The predicted molar refractivity (Wildman–Crippen MR) is 105 cm³/mol. The smallest absolute Gasteiger partial charge is 0.311 e. The summed E-state index contributed by atoms with van der Waals surface area (Å²) in [7, 11) is 1.37. The van der Waals surface area contributed by atoms with Gasteiger partial charge in [0, 0.05) is 24.7 Å². The van der Waals surface area contributed by atoms with Gasteiger partial charge in [-0.25, -0.2) is 0 Å². The van der Waals surface area contributed by atoms with E-state index in [1.165, 1.54) is 24.8 Å². The second kappa shape index (κ2) is 8.73. The van der Waals surface area contributed by atoms with Gasteiger partial charge in [0.25, 0.3) is 5.91 Å². The highest BCUT2D eigenvalue weighted by Gasteiger charge is 2.25. The molecule has 148 valence electrons. The maximum atomic E-state index is 12.7. The highest BCUT2D eigenvalue weighted by molar-refractivity contribution is 5.95. The first kappa shape index (κ1) is 19.7. The van der Waals surface area contributed by atoms with Crippen LogP contribution in [0.1, 0.15) is 35.2 Å². The van der Waals surface area contributed by atoms with Gasteiger partial charge in [0.05, 0.1) is 12.0 Å². The Bertz CT molecular complexity index is 842. The van der Waals surface area contributed by atoms with Crippen molar-refractivity contribution < 1.29 is 19.6 Å². The minimum absolute atomic E-state index is 0.148. The molecule has 0 unspecified atom stereocenters. The number of nitro benzene ring substituents is 1. The SMILES string of the molecule is COc1ccc(C(=O)N2CCC(CCc3ccc(O)cc3)CC2)cc1[N+](=O)[O-]. The van der Waals surface area contributed by atoms with Crippen molar-refractivity contribution in [2.75, 3.05) is 20.2 Å². The van der Waals surface area contributed by atoms with Gasteiger partial charge in [0.15, 0.2) is 5.75 Å². The molecule has 0 aliphatic carbocycles. The minimum Gasteiger partial charge on any atom is -0.508 e. The number of hydrogen-bond donors (Lipinski definition) is 1. The molecule has 1 aliphatic rings. The van der Waals surface area contributed by atoms with Gasteiger partial charge in [-0.05, 0) is 61.4 Å². The molecule has 1 heterocycles. The number of amides is 1. The number of aryl methyl sites for hydroxylation is 1. The number of nitrogens with zero attached hydrogens (tertiary/aromatic N) is 2. The largest absolute Gasteiger partial charge is 0.508 e. The van der Waals surface area contributed by atoms with Crippen LogP contribution in [0.3, 0.4) is 0 Å². The van der Waals surface area contributed by atoms with Crippen molar-refractivity contribution in [3.05, 3.63) is 63.7 Å². The molecule has 28 heavy (non-hydrogen) atoms. The fraction of sp³-hybridized carbons (Fsp3) is 0.381. The third kappa shape index (κ3) is 4.60. The first-order valence-electron chi connectivity index (χ1n) is 9.37. The Balaban J connectivity index is 1.55. The molecule has 7 nitrogen and oxygen atoms in total. The molecule has 0 spiro atoms. The second-order valence-corrected chi connectivity index (χ2v) is 7.08. The maximum absolute atomic E-state index is 12.7. The van der Waals surface area contributed by atoms with E-state index in [0.29, 0.717) is 24.6 Å². The molecular weight excluding hydrogens is 360 g/mol. The van der Waals surface area contributed by atoms with Crippen LogP contribution < -0.4 is 4.74 Å². The Hall–Kier alpha value is -3.09. The van der Waals surface area contributed by atoms with Crippen LogP contribution in [0.4, 0.5) is 5.69 Å². The van der Waals surface area contributed by atoms with Crippen LogP contribution in [0, 0.1) is 16.0 Å². The standard InChI is InChI=1S/C21H24N2O5/c1-28-20-9-6-17(14-19(20)23(26)27)21(25)22-12-10-16(11-13-22)3-2-15-4-7-18(24)8-5-15/h4-9,14,16,24H,2-3,10-13H2,1H3. The molecule has 1 fully saturated rings. The number of hydrogen-bond acceptors (Lipinski definition) is 5. The van der Waals surface area contributed by atoms with E-state index in [-0.39, 0.29) is 23.1 Å². The number of ether oxygens (including phenoxy) is 1. The summed E-state index contributed by atoms with van der Waals surface area (Å²) in [6, 6.07) is 11.6. The number of piperidine rings is 1. The molecule has 1 amide bonds. The number of benzene rings is 2. The average Bonchev–Trinajstić information content (AvgIpc) is 2.72. The Kier molecular flexibility index (Phi) is 6.13. The zero-order valence-electron chi connectivity index (χ0n) is 15.8. The van der Waals surface area contributed by atoms with Gasteiger partial charge in [-0.1, -0.05) is 12.1 Å². The molecular formula is C21H24N2O5. The number of carbonyl (C=O) groups excluding carboxylic acids is 1. The fourth-order valence-corrected chi connectivity index (χ4v) is 3.61. The molecule has 7 heteroatoms. The first-order valence-corrected chi connectivity index (χ1v) is 9.37. The molecule has 0 atom stereocenters. The number of rotatable bonds is 6. The number of phenolic OH excluding ortho intramolecular Hbond substituents is 1. The van der Waals surface area contributed by atoms with E-state index in [1.54, 1.807) is 23.1 Å². The van der Waals surface area contributed by atoms with Gasteiger partial charge in [0.1, 0.15) is 5.75 Å². The molecule has 1 saturated heterocycles. The Morgan fingerprint density at radius 2 is 1.89 bits per heavy atom. The Labute approximate surface area is 163 Å². The van der Waals surface area contributed by atoms with E-state index in [0.717, 1.165) is 25.7 Å². The van der Waals surface area contributed by atoms with Crippen LogP contribution >= 0.6 is 0 Å². The number of likely N-dealkylation sites (tertiary alicyclic amines) is 1. The number of aromatic hydroxyl groups is 1. The third-order valence-corrected chi connectivity index (χ3v) is 5.30. The van der Waals surface area contributed by atoms with E-state index in [9.17, 15) is 20.0 Å². The lowest BCUT2D eigenvalue weighted by atomic mass is 9.90. The van der Waals surface area contributed by atoms with Gasteiger partial charge >= 0.3 is 5.69 Å². The van der Waals surface area contributed by atoms with Crippen molar-refractivity contribution in [1.82, 2.24) is 4.90 Å². The third-order valence-electron chi connectivity index (χ3n) is 5.30. The van der Waals surface area contributed by atoms with Gasteiger partial charge in [-0.3, -0.25) is 14.9 Å². The lowest BCUT2D eigenvalue weighted by molar-refractivity contribution is -0.385. The average molecular weight is 384 g/mol. The Morgan fingerprint density at radius 1 is 1.21 bits per heavy atom. The van der Waals surface area contributed by atoms with Crippen LogP contribution in [0.5, 0.6) is 11.5 Å². The van der Waals surface area contributed by atoms with Crippen molar-refractivity contribution in [3.63, 3.8) is 0 Å². The summed E-state index contributed by atoms with van der Waals surface area (Å²) in [5.74, 6) is 0.787. The molecule has 0 bridgehead atoms. The van der Waals surface area contributed by atoms with Gasteiger partial charge in [-0.2, -0.15) is 0 Å². The minimum atomic E-state index is -0.537. The van der Waals surface area contributed by atoms with Crippen LogP contribution in [0.25, 0.3) is 0 Å². The highest BCUT2D eigenvalue weighted by atomic mass is 16.6. The maximum Gasteiger partial charge on any atom is 0.311 e. The molecule has 1 N–H and O–H groups in total. The van der Waals surface area contributed by atoms with Crippen molar-refractivity contribution in [2.45, 2.75) is 25.7 Å². The number of nitro groups is 1. The lowest BCUT2D eigenvalue weighted by Gasteiger charge is -2.32. The Morgan fingerprint density at radius 3 is 2.50 bits per heavy atom. The van der Waals surface area contributed by atoms with E-state index in [2.05, 4.69) is 0 Å². The lowest BCUT2D eigenvalue weighted by Crippen LogP contribution is -2.38. The van der Waals surface area contributed by atoms with E-state index in [4.69, 9.17) is 4.74 Å².